The smallest absolute Gasteiger partial charge is 0.225 e. The zero-order valence-corrected chi connectivity index (χ0v) is 15.3. The maximum absolute atomic E-state index is 6.08. The van der Waals surface area contributed by atoms with Gasteiger partial charge < -0.3 is 25.0 Å². The Bertz CT molecular complexity index is 489. The lowest BCUT2D eigenvalue weighted by molar-refractivity contribution is -0.0833. The molecule has 0 aliphatic carbocycles. The lowest BCUT2D eigenvalue weighted by atomic mass is 10.3. The number of nitrogens with zero attached hydrogens (tertiary/aromatic N) is 5. The Hall–Kier alpha value is -1.20. The second kappa shape index (κ2) is 9.18. The van der Waals surface area contributed by atoms with E-state index in [0.717, 1.165) is 32.1 Å². The Morgan fingerprint density at radius 2 is 1.96 bits per heavy atom. The number of hydrogen-bond donors (Lipinski definition) is 1. The predicted octanol–water partition coefficient (Wildman–Crippen LogP) is -0.0533. The summed E-state index contributed by atoms with van der Waals surface area (Å²) in [6, 6.07) is 1.82. The molecule has 0 bridgehead atoms. The zero-order chi connectivity index (χ0) is 15.2. The number of halogens is 1. The molecule has 1 aromatic heterocycles. The minimum absolute atomic E-state index is 0. The summed E-state index contributed by atoms with van der Waals surface area (Å²) in [5.74, 6) is 1.34. The van der Waals surface area contributed by atoms with Crippen LogP contribution in [-0.4, -0.2) is 79.5 Å². The highest BCUT2D eigenvalue weighted by Gasteiger charge is 2.20. The number of hydrogen-bond acceptors (Lipinski definition) is 6. The van der Waals surface area contributed by atoms with Gasteiger partial charge in [-0.1, -0.05) is 0 Å². The summed E-state index contributed by atoms with van der Waals surface area (Å²) in [5, 5.41) is 0. The van der Waals surface area contributed by atoms with Crippen molar-refractivity contribution in [2.75, 3.05) is 57.4 Å². The van der Waals surface area contributed by atoms with E-state index >= 15 is 0 Å². The van der Waals surface area contributed by atoms with Crippen LogP contribution >= 0.6 is 24.0 Å². The van der Waals surface area contributed by atoms with Crippen molar-refractivity contribution in [3.8, 4) is 0 Å². The van der Waals surface area contributed by atoms with E-state index in [0.29, 0.717) is 32.3 Å². The molecule has 23 heavy (non-hydrogen) atoms. The van der Waals surface area contributed by atoms with E-state index in [2.05, 4.69) is 24.8 Å². The Kier molecular flexibility index (Phi) is 7.24. The molecule has 128 valence electrons. The molecule has 0 aromatic carbocycles. The summed E-state index contributed by atoms with van der Waals surface area (Å²) in [5.41, 5.74) is 6.08. The number of piperazine rings is 1. The average Bonchev–Trinajstić information content (AvgIpc) is 2.61. The van der Waals surface area contributed by atoms with Crippen LogP contribution in [0.2, 0.25) is 0 Å². The minimum Gasteiger partial charge on any atom is -0.376 e. The zero-order valence-electron chi connectivity index (χ0n) is 13.0. The lowest BCUT2D eigenvalue weighted by Crippen LogP contribution is -2.51. The van der Waals surface area contributed by atoms with E-state index in [1.807, 2.05) is 6.07 Å². The van der Waals surface area contributed by atoms with Gasteiger partial charge in [-0.25, -0.2) is 9.97 Å². The number of nitrogens with two attached hydrogens (primary N) is 1. The monoisotopic (exact) mass is 434 g/mol. The number of aromatic nitrogens is 2. The van der Waals surface area contributed by atoms with Crippen LogP contribution < -0.4 is 10.6 Å². The van der Waals surface area contributed by atoms with Crippen molar-refractivity contribution >= 4 is 35.9 Å². The van der Waals surface area contributed by atoms with Crippen LogP contribution in [0.25, 0.3) is 0 Å². The number of rotatable bonds is 3. The van der Waals surface area contributed by atoms with Crippen LogP contribution in [0.4, 0.5) is 5.95 Å². The van der Waals surface area contributed by atoms with Gasteiger partial charge in [0, 0.05) is 38.6 Å². The van der Waals surface area contributed by atoms with Gasteiger partial charge >= 0.3 is 0 Å². The van der Waals surface area contributed by atoms with Crippen molar-refractivity contribution in [2.45, 2.75) is 6.10 Å². The highest BCUT2D eigenvalue weighted by atomic mass is 127. The molecule has 1 unspecified atom stereocenters. The number of ether oxygens (including phenoxy) is 2. The molecular weight excluding hydrogens is 411 g/mol. The molecule has 1 aromatic rings. The van der Waals surface area contributed by atoms with Gasteiger partial charge in [-0.3, -0.25) is 4.99 Å². The van der Waals surface area contributed by atoms with Crippen molar-refractivity contribution in [1.82, 2.24) is 14.9 Å². The Morgan fingerprint density at radius 3 is 2.61 bits per heavy atom. The van der Waals surface area contributed by atoms with Crippen molar-refractivity contribution < 1.29 is 9.47 Å². The molecule has 8 nitrogen and oxygen atoms in total. The molecule has 9 heteroatoms. The number of anilines is 1. The fourth-order valence-corrected chi connectivity index (χ4v) is 2.53. The van der Waals surface area contributed by atoms with Gasteiger partial charge in [0.25, 0.3) is 0 Å². The molecule has 0 saturated carbocycles. The van der Waals surface area contributed by atoms with Gasteiger partial charge in [0.2, 0.25) is 5.95 Å². The third-order valence-electron chi connectivity index (χ3n) is 3.78. The minimum atomic E-state index is 0. The first-order valence-corrected chi connectivity index (χ1v) is 7.59. The average molecular weight is 434 g/mol. The fourth-order valence-electron chi connectivity index (χ4n) is 2.53. The third kappa shape index (κ3) is 5.15. The van der Waals surface area contributed by atoms with Gasteiger partial charge in [0.15, 0.2) is 5.96 Å². The summed E-state index contributed by atoms with van der Waals surface area (Å²) in [4.78, 5) is 17.2. The summed E-state index contributed by atoms with van der Waals surface area (Å²) in [6.45, 7) is 5.75. The van der Waals surface area contributed by atoms with E-state index < -0.39 is 0 Å². The normalized spacial score (nSPS) is 22.6. The highest BCUT2D eigenvalue weighted by molar-refractivity contribution is 14.0. The molecule has 2 saturated heterocycles. The van der Waals surface area contributed by atoms with Crippen molar-refractivity contribution in [3.63, 3.8) is 0 Å². The standard InChI is InChI=1S/C14H22N6O2.HI/c15-13(18-10-12-11-21-8-9-22-12)19-4-6-20(7-5-19)14-16-2-1-3-17-14;/h1-3,12H,4-11H2,(H2,15,18);1H. The van der Waals surface area contributed by atoms with Crippen molar-refractivity contribution in [3.05, 3.63) is 18.5 Å². The van der Waals surface area contributed by atoms with Crippen LogP contribution in [0.5, 0.6) is 0 Å². The van der Waals surface area contributed by atoms with E-state index in [9.17, 15) is 0 Å². The molecule has 1 atom stereocenters. The van der Waals surface area contributed by atoms with Crippen molar-refractivity contribution in [2.24, 2.45) is 10.7 Å². The van der Waals surface area contributed by atoms with Gasteiger partial charge in [0.05, 0.1) is 26.4 Å². The van der Waals surface area contributed by atoms with E-state index in [-0.39, 0.29) is 30.1 Å². The molecule has 2 fully saturated rings. The molecule has 2 aliphatic heterocycles. The van der Waals surface area contributed by atoms with Gasteiger partial charge in [-0.2, -0.15) is 0 Å². The summed E-state index contributed by atoms with van der Waals surface area (Å²) in [7, 11) is 0. The maximum Gasteiger partial charge on any atom is 0.225 e. The quantitative estimate of drug-likeness (QED) is 0.405. The molecule has 3 heterocycles. The first kappa shape index (κ1) is 18.1. The van der Waals surface area contributed by atoms with Crippen LogP contribution in [0.3, 0.4) is 0 Å². The molecule has 2 aliphatic rings. The molecule has 3 rings (SSSR count). The van der Waals surface area contributed by atoms with Crippen LogP contribution in [-0.2, 0) is 9.47 Å². The van der Waals surface area contributed by atoms with Crippen molar-refractivity contribution in [1.29, 1.82) is 0 Å². The largest absolute Gasteiger partial charge is 0.376 e. The second-order valence-corrected chi connectivity index (χ2v) is 5.29. The third-order valence-corrected chi connectivity index (χ3v) is 3.78. The summed E-state index contributed by atoms with van der Waals surface area (Å²) < 4.78 is 10.9. The SMILES string of the molecule is I.NC(=NCC1COCCO1)N1CCN(c2ncccn2)CC1. The summed E-state index contributed by atoms with van der Waals surface area (Å²) in [6.07, 6.45) is 3.54. The lowest BCUT2D eigenvalue weighted by Gasteiger charge is -2.35. The van der Waals surface area contributed by atoms with Crippen LogP contribution in [0.15, 0.2) is 23.5 Å². The fraction of sp³-hybridized carbons (Fsp3) is 0.643. The van der Waals surface area contributed by atoms with E-state index in [4.69, 9.17) is 15.2 Å². The van der Waals surface area contributed by atoms with Gasteiger partial charge in [0.1, 0.15) is 6.10 Å². The first-order valence-electron chi connectivity index (χ1n) is 7.59. The van der Waals surface area contributed by atoms with Crippen LogP contribution in [0, 0.1) is 0 Å². The molecular formula is C14H23IN6O2. The maximum atomic E-state index is 6.08. The Labute approximate surface area is 153 Å². The summed E-state index contributed by atoms with van der Waals surface area (Å²) >= 11 is 0. The number of guanidine groups is 1. The first-order chi connectivity index (χ1) is 10.8. The topological polar surface area (TPSA) is 89.1 Å². The molecule has 0 radical (unpaired) electrons. The Morgan fingerprint density at radius 1 is 1.22 bits per heavy atom. The predicted molar refractivity (Wildman–Crippen MR) is 98.3 cm³/mol. The number of aliphatic imine (C=N–C) groups is 1. The molecule has 0 amide bonds. The van der Waals surface area contributed by atoms with E-state index in [1.165, 1.54) is 0 Å². The molecule has 0 spiro atoms. The van der Waals surface area contributed by atoms with Gasteiger partial charge in [-0.05, 0) is 6.07 Å². The molecule has 2 N–H and O–H groups in total. The van der Waals surface area contributed by atoms with E-state index in [1.54, 1.807) is 12.4 Å². The highest BCUT2D eigenvalue weighted by Crippen LogP contribution is 2.09. The van der Waals surface area contributed by atoms with Gasteiger partial charge in [-0.15, -0.1) is 24.0 Å². The van der Waals surface area contributed by atoms with Crippen LogP contribution in [0.1, 0.15) is 0 Å². The Balaban J connectivity index is 0.00000192. The second-order valence-electron chi connectivity index (χ2n) is 5.29.